The number of rotatable bonds is 6. The minimum atomic E-state index is -0.714. The summed E-state index contributed by atoms with van der Waals surface area (Å²) in [4.78, 5) is 31.4. The summed E-state index contributed by atoms with van der Waals surface area (Å²) in [6.45, 7) is 9.72. The molecule has 0 saturated carbocycles. The maximum atomic E-state index is 12.7. The van der Waals surface area contributed by atoms with Crippen molar-refractivity contribution in [2.45, 2.75) is 44.5 Å². The van der Waals surface area contributed by atoms with Crippen LogP contribution in [-0.2, 0) is 4.74 Å². The molecule has 7 heteroatoms. The maximum absolute atomic E-state index is 12.7. The third-order valence-electron chi connectivity index (χ3n) is 3.03. The first kappa shape index (κ1) is 21.7. The van der Waals surface area contributed by atoms with Crippen LogP contribution in [0, 0.1) is 3.57 Å². The van der Waals surface area contributed by atoms with Crippen LogP contribution in [-0.4, -0.2) is 33.1 Å². The number of Topliss-reactive ketones (excluding diaryl/α,β-unsaturated/α-hetero) is 1. The topological polar surface area (TPSA) is 72.0 Å². The molecular weight excluding hydrogens is 451 g/mol. The van der Waals surface area contributed by atoms with Gasteiger partial charge in [-0.1, -0.05) is 37.7 Å². The van der Waals surface area contributed by atoms with Gasteiger partial charge in [0.1, 0.15) is 5.69 Å². The highest BCUT2D eigenvalue weighted by Crippen LogP contribution is 2.33. The normalized spacial score (nSPS) is 10.6. The van der Waals surface area contributed by atoms with Crippen molar-refractivity contribution in [1.29, 1.82) is 0 Å². The van der Waals surface area contributed by atoms with E-state index in [1.54, 1.807) is 13.0 Å². The predicted molar refractivity (Wildman–Crippen MR) is 109 cm³/mol. The second kappa shape index (κ2) is 9.96. The maximum Gasteiger partial charge on any atom is 0.356 e. The van der Waals surface area contributed by atoms with E-state index in [9.17, 15) is 9.59 Å². The van der Waals surface area contributed by atoms with Crippen molar-refractivity contribution in [3.05, 3.63) is 45.3 Å². The highest BCUT2D eigenvalue weighted by molar-refractivity contribution is 14.1. The van der Waals surface area contributed by atoms with Crippen molar-refractivity contribution in [1.82, 2.24) is 9.97 Å². The summed E-state index contributed by atoms with van der Waals surface area (Å²) in [5.74, 6) is -0.441. The molecule has 0 aliphatic rings. The monoisotopic (exact) mass is 474 g/mol. The Hall–Kier alpha value is -1.35. The molecule has 1 aromatic carbocycles. The zero-order chi connectivity index (χ0) is 19.0. The number of carbonyl (C=O) groups is 2. The highest BCUT2D eigenvalue weighted by atomic mass is 127. The molecule has 5 nitrogen and oxygen atoms in total. The van der Waals surface area contributed by atoms with Gasteiger partial charge in [-0.2, -0.15) is 0 Å². The Bertz CT molecular complexity index is 729. The number of hydrogen-bond donors (Lipinski definition) is 1. The summed E-state index contributed by atoms with van der Waals surface area (Å²) in [6.07, 6.45) is 1.42. The van der Waals surface area contributed by atoms with Gasteiger partial charge in [0.15, 0.2) is 10.9 Å². The Balaban J connectivity index is 0.00000151. The fraction of sp³-hybridized carbons (Fsp3) is 0.389. The number of imidazole rings is 1. The Labute approximate surface area is 166 Å². The molecule has 0 radical (unpaired) electrons. The molecule has 2 rings (SSSR count). The van der Waals surface area contributed by atoms with Gasteiger partial charge in [0.05, 0.1) is 17.6 Å². The zero-order valence-corrected chi connectivity index (χ0v) is 18.0. The van der Waals surface area contributed by atoms with E-state index >= 15 is 0 Å². The largest absolute Gasteiger partial charge is 0.461 e. The number of nitrogens with one attached hydrogen (secondary N) is 1. The molecule has 1 N–H and O–H groups in total. The molecule has 0 atom stereocenters. The molecule has 25 heavy (non-hydrogen) atoms. The Morgan fingerprint density at radius 1 is 1.32 bits per heavy atom. The smallest absolute Gasteiger partial charge is 0.356 e. The number of carbonyl (C=O) groups excluding carboxylic acids is 2. The number of aromatic nitrogens is 2. The molecule has 0 aliphatic carbocycles. The molecule has 0 fully saturated rings. The highest BCUT2D eigenvalue weighted by Gasteiger charge is 2.31. The number of ether oxygens (including phenoxy) is 1. The average Bonchev–Trinajstić information content (AvgIpc) is 3.04. The van der Waals surface area contributed by atoms with E-state index in [1.807, 2.05) is 45.9 Å². The van der Waals surface area contributed by atoms with Crippen LogP contribution >= 0.6 is 34.4 Å². The first-order chi connectivity index (χ1) is 11.8. The Morgan fingerprint density at radius 2 is 2.00 bits per heavy atom. The number of aromatic amines is 1. The number of benzene rings is 1. The molecule has 0 spiro atoms. The summed E-state index contributed by atoms with van der Waals surface area (Å²) < 4.78 is 5.21. The van der Waals surface area contributed by atoms with E-state index in [4.69, 9.17) is 4.74 Å². The first-order valence-electron chi connectivity index (χ1n) is 8.05. The summed E-state index contributed by atoms with van der Waals surface area (Å²) >= 11 is 3.46. The number of esters is 1. The number of ketones is 1. The van der Waals surface area contributed by atoms with Crippen molar-refractivity contribution in [2.24, 2.45) is 0 Å². The van der Waals surface area contributed by atoms with Gasteiger partial charge < -0.3 is 9.72 Å². The standard InChI is InChI=1S/C16H17IN2O3S.C2H6/c1-4-22-14(21)12-9-18-15(19-12)23-16(2,3)13(20)10-6-5-7-11(17)8-10;1-2/h5-9H,4H2,1-3H3,(H,18,19);1-2H3. The van der Waals surface area contributed by atoms with Gasteiger partial charge in [-0.15, -0.1) is 0 Å². The van der Waals surface area contributed by atoms with E-state index in [2.05, 4.69) is 32.6 Å². The molecule has 0 bridgehead atoms. The van der Waals surface area contributed by atoms with Crippen LogP contribution in [0.25, 0.3) is 0 Å². The second-order valence-corrected chi connectivity index (χ2v) is 8.13. The fourth-order valence-electron chi connectivity index (χ4n) is 1.93. The van der Waals surface area contributed by atoms with Crippen LogP contribution in [0.5, 0.6) is 0 Å². The number of nitrogens with zero attached hydrogens (tertiary/aromatic N) is 1. The minimum absolute atomic E-state index is 0.00935. The lowest BCUT2D eigenvalue weighted by Crippen LogP contribution is -2.28. The van der Waals surface area contributed by atoms with Crippen LogP contribution in [0.1, 0.15) is 55.5 Å². The first-order valence-corrected chi connectivity index (χ1v) is 9.94. The van der Waals surface area contributed by atoms with Crippen LogP contribution in [0.3, 0.4) is 0 Å². The van der Waals surface area contributed by atoms with Gasteiger partial charge >= 0.3 is 5.97 Å². The van der Waals surface area contributed by atoms with E-state index in [0.717, 1.165) is 3.57 Å². The average molecular weight is 474 g/mol. The summed E-state index contributed by atoms with van der Waals surface area (Å²) in [5, 5.41) is 0.511. The Morgan fingerprint density at radius 3 is 2.60 bits per heavy atom. The van der Waals surface area contributed by atoms with Crippen molar-refractivity contribution in [2.75, 3.05) is 6.61 Å². The second-order valence-electron chi connectivity index (χ2n) is 5.27. The summed E-state index contributed by atoms with van der Waals surface area (Å²) in [5.41, 5.74) is 0.943. The zero-order valence-electron chi connectivity index (χ0n) is 15.1. The van der Waals surface area contributed by atoms with Crippen molar-refractivity contribution in [3.8, 4) is 0 Å². The molecule has 1 aromatic heterocycles. The summed E-state index contributed by atoms with van der Waals surface area (Å²) in [6, 6.07) is 7.47. The third kappa shape index (κ3) is 6.14. The number of halogens is 1. The van der Waals surface area contributed by atoms with Crippen molar-refractivity contribution < 1.29 is 14.3 Å². The van der Waals surface area contributed by atoms with Gasteiger partial charge in [0.25, 0.3) is 0 Å². The lowest BCUT2D eigenvalue weighted by molar-refractivity contribution is 0.0519. The van der Waals surface area contributed by atoms with Gasteiger partial charge in [-0.25, -0.2) is 9.78 Å². The molecule has 0 aliphatic heterocycles. The molecule has 136 valence electrons. The number of H-pyrrole nitrogens is 1. The lowest BCUT2D eigenvalue weighted by atomic mass is 10.0. The molecule has 2 aromatic rings. The van der Waals surface area contributed by atoms with Crippen molar-refractivity contribution in [3.63, 3.8) is 0 Å². The van der Waals surface area contributed by atoms with Gasteiger partial charge in [-0.3, -0.25) is 4.79 Å². The molecule has 0 saturated heterocycles. The van der Waals surface area contributed by atoms with Crippen LogP contribution in [0.15, 0.2) is 35.6 Å². The van der Waals surface area contributed by atoms with E-state index in [-0.39, 0.29) is 11.5 Å². The lowest BCUT2D eigenvalue weighted by Gasteiger charge is -2.21. The van der Waals surface area contributed by atoms with Crippen molar-refractivity contribution >= 4 is 46.1 Å². The van der Waals surface area contributed by atoms with Crippen LogP contribution in [0.2, 0.25) is 0 Å². The summed E-state index contributed by atoms with van der Waals surface area (Å²) in [7, 11) is 0. The van der Waals surface area contributed by atoms with E-state index in [0.29, 0.717) is 17.3 Å². The molecular formula is C18H23IN2O3S. The van der Waals surface area contributed by atoms with Gasteiger partial charge in [-0.05, 0) is 55.5 Å². The van der Waals surface area contributed by atoms with Gasteiger partial charge in [0, 0.05) is 9.13 Å². The van der Waals surface area contributed by atoms with E-state index < -0.39 is 10.7 Å². The molecule has 0 unspecified atom stereocenters. The third-order valence-corrected chi connectivity index (χ3v) is 4.80. The van der Waals surface area contributed by atoms with E-state index in [1.165, 1.54) is 18.0 Å². The van der Waals surface area contributed by atoms with Gasteiger partial charge in [0.2, 0.25) is 0 Å². The number of thioether (sulfide) groups is 1. The number of hydrogen-bond acceptors (Lipinski definition) is 5. The quantitative estimate of drug-likeness (QED) is 0.277. The molecule has 0 amide bonds. The Kier molecular flexibility index (Phi) is 8.64. The predicted octanol–water partition coefficient (Wildman–Crippen LogP) is 4.97. The molecule has 1 heterocycles. The van der Waals surface area contributed by atoms with Crippen LogP contribution in [0.4, 0.5) is 0 Å². The van der Waals surface area contributed by atoms with Crippen LogP contribution < -0.4 is 0 Å². The fourth-order valence-corrected chi connectivity index (χ4v) is 3.44. The SMILES string of the molecule is CC.CCOC(=O)c1cnc(SC(C)(C)C(=O)c2cccc(I)c2)[nH]1. The minimum Gasteiger partial charge on any atom is -0.461 e.